The Kier molecular flexibility index (Phi) is 8.63. The standard InChI is InChI=1S/C29H41N3O5/c1-18-22(17-37-31-18)20-13-11-19(12-14-20)9-8-10-24(34)23-15-21(33)16-32(23)26(35)25(28(2,3)4)30-27(36)29(5,6)7/h11-14,17,21,23,25,33H,8-10,15-16H2,1-7H3,(H,30,36). The van der Waals surface area contributed by atoms with E-state index in [1.165, 1.54) is 4.90 Å². The Balaban J connectivity index is 1.63. The Morgan fingerprint density at radius 2 is 1.78 bits per heavy atom. The molecule has 1 aliphatic rings. The summed E-state index contributed by atoms with van der Waals surface area (Å²) < 4.78 is 5.02. The number of hydrogen-bond acceptors (Lipinski definition) is 6. The van der Waals surface area contributed by atoms with Crippen LogP contribution in [0.2, 0.25) is 0 Å². The van der Waals surface area contributed by atoms with Crippen LogP contribution in [0.25, 0.3) is 11.1 Å². The summed E-state index contributed by atoms with van der Waals surface area (Å²) in [6.07, 6.45) is 2.77. The van der Waals surface area contributed by atoms with E-state index in [2.05, 4.69) is 10.5 Å². The number of amides is 2. The summed E-state index contributed by atoms with van der Waals surface area (Å²) in [5.74, 6) is -0.607. The molecule has 8 heteroatoms. The third kappa shape index (κ3) is 7.06. The third-order valence-corrected chi connectivity index (χ3v) is 6.91. The molecule has 0 saturated carbocycles. The van der Waals surface area contributed by atoms with E-state index in [1.54, 1.807) is 27.0 Å². The van der Waals surface area contributed by atoms with E-state index in [9.17, 15) is 19.5 Å². The molecule has 1 aromatic carbocycles. The number of nitrogens with one attached hydrogen (secondary N) is 1. The van der Waals surface area contributed by atoms with Gasteiger partial charge >= 0.3 is 0 Å². The predicted octanol–water partition coefficient (Wildman–Crippen LogP) is 4.08. The Labute approximate surface area is 219 Å². The minimum absolute atomic E-state index is 0.0589. The molecule has 8 nitrogen and oxygen atoms in total. The van der Waals surface area contributed by atoms with Gasteiger partial charge in [-0.2, -0.15) is 0 Å². The lowest BCUT2D eigenvalue weighted by Gasteiger charge is -2.36. The number of hydrogen-bond donors (Lipinski definition) is 2. The second kappa shape index (κ2) is 11.2. The Morgan fingerprint density at radius 3 is 2.32 bits per heavy atom. The Morgan fingerprint density at radius 1 is 1.14 bits per heavy atom. The van der Waals surface area contributed by atoms with Gasteiger partial charge < -0.3 is 19.8 Å². The maximum Gasteiger partial charge on any atom is 0.246 e. The van der Waals surface area contributed by atoms with E-state index >= 15 is 0 Å². The van der Waals surface area contributed by atoms with Gasteiger partial charge in [0.1, 0.15) is 12.3 Å². The number of aliphatic hydroxyl groups excluding tert-OH is 1. The number of likely N-dealkylation sites (tertiary alicyclic amines) is 1. The average Bonchev–Trinajstić information content (AvgIpc) is 3.41. The summed E-state index contributed by atoms with van der Waals surface area (Å²) in [5.41, 5.74) is 2.72. The Hall–Kier alpha value is -3.00. The molecule has 2 aromatic rings. The second-order valence-corrected chi connectivity index (χ2v) is 12.2. The molecule has 202 valence electrons. The third-order valence-electron chi connectivity index (χ3n) is 6.91. The second-order valence-electron chi connectivity index (χ2n) is 12.2. The number of β-amino-alcohol motifs (C(OH)–C–C–N with tert-alkyl or cyclic N) is 1. The minimum Gasteiger partial charge on any atom is -0.391 e. The Bertz CT molecular complexity index is 1110. The lowest BCUT2D eigenvalue weighted by Crippen LogP contribution is -2.58. The molecule has 0 spiro atoms. The molecular formula is C29H41N3O5. The van der Waals surface area contributed by atoms with E-state index in [0.717, 1.165) is 28.8 Å². The molecule has 2 heterocycles. The summed E-state index contributed by atoms with van der Waals surface area (Å²) in [4.78, 5) is 41.0. The first-order valence-corrected chi connectivity index (χ1v) is 13.0. The van der Waals surface area contributed by atoms with Crippen molar-refractivity contribution in [2.45, 2.75) is 92.3 Å². The number of benzene rings is 1. The highest BCUT2D eigenvalue weighted by Crippen LogP contribution is 2.28. The topological polar surface area (TPSA) is 113 Å². The zero-order chi connectivity index (χ0) is 27.5. The number of rotatable bonds is 8. The number of aryl methyl sites for hydroxylation is 2. The van der Waals surface area contributed by atoms with E-state index in [4.69, 9.17) is 4.52 Å². The van der Waals surface area contributed by atoms with Crippen molar-refractivity contribution in [1.29, 1.82) is 0 Å². The molecule has 0 aliphatic carbocycles. The SMILES string of the molecule is Cc1nocc1-c1ccc(CCCC(=O)C2CC(O)CN2C(=O)C(NC(=O)C(C)(C)C)C(C)(C)C)cc1. The molecule has 2 N–H and O–H groups in total. The number of carbonyl (C=O) groups excluding carboxylic acids is 3. The van der Waals surface area contributed by atoms with E-state index in [-0.39, 0.29) is 30.6 Å². The lowest BCUT2D eigenvalue weighted by atomic mass is 9.84. The van der Waals surface area contributed by atoms with Crippen molar-refractivity contribution < 1.29 is 24.0 Å². The van der Waals surface area contributed by atoms with Crippen LogP contribution >= 0.6 is 0 Å². The van der Waals surface area contributed by atoms with Crippen LogP contribution in [-0.2, 0) is 20.8 Å². The molecule has 1 aliphatic heterocycles. The first-order chi connectivity index (χ1) is 17.2. The molecule has 3 unspecified atom stereocenters. The van der Waals surface area contributed by atoms with Gasteiger partial charge in [0.05, 0.1) is 17.8 Å². The molecule has 1 saturated heterocycles. The minimum atomic E-state index is -0.799. The van der Waals surface area contributed by atoms with Crippen LogP contribution < -0.4 is 5.32 Å². The normalized spacial score (nSPS) is 19.1. The molecule has 3 rings (SSSR count). The first-order valence-electron chi connectivity index (χ1n) is 13.0. The van der Waals surface area contributed by atoms with Crippen molar-refractivity contribution in [3.05, 3.63) is 41.8 Å². The van der Waals surface area contributed by atoms with Gasteiger partial charge in [-0.25, -0.2) is 0 Å². The van der Waals surface area contributed by atoms with Crippen LogP contribution in [0, 0.1) is 17.8 Å². The van der Waals surface area contributed by atoms with Crippen LogP contribution in [0.4, 0.5) is 0 Å². The average molecular weight is 512 g/mol. The highest BCUT2D eigenvalue weighted by atomic mass is 16.5. The van der Waals surface area contributed by atoms with Crippen LogP contribution in [0.3, 0.4) is 0 Å². The number of aliphatic hydroxyl groups is 1. The van der Waals surface area contributed by atoms with E-state index in [0.29, 0.717) is 12.8 Å². The van der Waals surface area contributed by atoms with Gasteiger partial charge in [-0.05, 0) is 36.3 Å². The number of ketones is 1. The monoisotopic (exact) mass is 511 g/mol. The van der Waals surface area contributed by atoms with Gasteiger partial charge in [0.15, 0.2) is 5.78 Å². The highest BCUT2D eigenvalue weighted by Gasteiger charge is 2.44. The molecule has 1 fully saturated rings. The van der Waals surface area contributed by atoms with Crippen molar-refractivity contribution in [3.63, 3.8) is 0 Å². The van der Waals surface area contributed by atoms with Crippen LogP contribution in [0.15, 0.2) is 35.1 Å². The molecular weight excluding hydrogens is 470 g/mol. The van der Waals surface area contributed by atoms with Crippen molar-refractivity contribution in [2.75, 3.05) is 6.54 Å². The zero-order valence-electron chi connectivity index (χ0n) is 23.1. The van der Waals surface area contributed by atoms with Gasteiger partial charge in [-0.15, -0.1) is 0 Å². The first kappa shape index (κ1) is 28.6. The summed E-state index contributed by atoms with van der Waals surface area (Å²) in [6.45, 7) is 13.0. The summed E-state index contributed by atoms with van der Waals surface area (Å²) >= 11 is 0. The molecule has 0 bridgehead atoms. The number of nitrogens with zero attached hydrogens (tertiary/aromatic N) is 2. The van der Waals surface area contributed by atoms with E-state index < -0.39 is 29.0 Å². The zero-order valence-corrected chi connectivity index (χ0v) is 23.1. The fourth-order valence-corrected chi connectivity index (χ4v) is 4.58. The summed E-state index contributed by atoms with van der Waals surface area (Å²) in [7, 11) is 0. The highest BCUT2D eigenvalue weighted by molar-refractivity contribution is 5.94. The van der Waals surface area contributed by atoms with Crippen molar-refractivity contribution in [2.24, 2.45) is 10.8 Å². The van der Waals surface area contributed by atoms with Crippen LogP contribution in [-0.4, -0.2) is 57.5 Å². The van der Waals surface area contributed by atoms with Crippen LogP contribution in [0.1, 0.15) is 72.1 Å². The van der Waals surface area contributed by atoms with E-state index in [1.807, 2.05) is 52.0 Å². The van der Waals surface area contributed by atoms with Gasteiger partial charge in [0.2, 0.25) is 11.8 Å². The maximum atomic E-state index is 13.6. The molecule has 37 heavy (non-hydrogen) atoms. The van der Waals surface area contributed by atoms with Gasteiger partial charge in [-0.3, -0.25) is 14.4 Å². The van der Waals surface area contributed by atoms with Crippen LogP contribution in [0.5, 0.6) is 0 Å². The maximum absolute atomic E-state index is 13.6. The van der Waals surface area contributed by atoms with Crippen molar-refractivity contribution in [1.82, 2.24) is 15.4 Å². The molecule has 3 atom stereocenters. The number of aromatic nitrogens is 1. The number of carbonyl (C=O) groups is 3. The summed E-state index contributed by atoms with van der Waals surface area (Å²) in [5, 5.41) is 17.2. The predicted molar refractivity (Wildman–Crippen MR) is 142 cm³/mol. The van der Waals surface area contributed by atoms with Gasteiger partial charge in [0.25, 0.3) is 0 Å². The van der Waals surface area contributed by atoms with Crippen molar-refractivity contribution >= 4 is 17.6 Å². The van der Waals surface area contributed by atoms with Gasteiger partial charge in [0, 0.05) is 30.4 Å². The quantitative estimate of drug-likeness (QED) is 0.552. The molecule has 2 amide bonds. The summed E-state index contributed by atoms with van der Waals surface area (Å²) in [6, 6.07) is 6.62. The molecule has 0 radical (unpaired) electrons. The molecule has 1 aromatic heterocycles. The lowest BCUT2D eigenvalue weighted by molar-refractivity contribution is -0.144. The fraction of sp³-hybridized carbons (Fsp3) is 0.586. The smallest absolute Gasteiger partial charge is 0.246 e. The largest absolute Gasteiger partial charge is 0.391 e. The van der Waals surface area contributed by atoms with Crippen molar-refractivity contribution in [3.8, 4) is 11.1 Å². The van der Waals surface area contributed by atoms with Gasteiger partial charge in [-0.1, -0.05) is 71.0 Å². The fourth-order valence-electron chi connectivity index (χ4n) is 4.58. The number of Topliss-reactive ketones (excluding diaryl/α,β-unsaturated/α-hetero) is 1.